The van der Waals surface area contributed by atoms with E-state index in [-0.39, 0.29) is 24.2 Å². The molecule has 0 amide bonds. The summed E-state index contributed by atoms with van der Waals surface area (Å²) in [6.45, 7) is 4.86. The highest BCUT2D eigenvalue weighted by atomic mass is 32.2. The van der Waals surface area contributed by atoms with E-state index in [1.807, 2.05) is 44.2 Å². The van der Waals surface area contributed by atoms with Crippen LogP contribution in [-0.2, 0) is 30.4 Å². The third-order valence-electron chi connectivity index (χ3n) is 3.51. The van der Waals surface area contributed by atoms with Crippen molar-refractivity contribution in [2.45, 2.75) is 31.5 Å². The normalized spacial score (nSPS) is 12.9. The predicted molar refractivity (Wildman–Crippen MR) is 95.8 cm³/mol. The smallest absolute Gasteiger partial charge is 0.297 e. The second kappa shape index (κ2) is 9.68. The van der Waals surface area contributed by atoms with Crippen molar-refractivity contribution in [2.75, 3.05) is 19.8 Å². The average molecular weight is 364 g/mol. The third-order valence-corrected chi connectivity index (χ3v) is 4.83. The summed E-state index contributed by atoms with van der Waals surface area (Å²) in [6, 6.07) is 16.4. The lowest BCUT2D eigenvalue weighted by molar-refractivity contribution is -0.0198. The van der Waals surface area contributed by atoms with Crippen molar-refractivity contribution < 1.29 is 22.1 Å². The van der Waals surface area contributed by atoms with Gasteiger partial charge in [0.05, 0.1) is 37.4 Å². The van der Waals surface area contributed by atoms with Crippen molar-refractivity contribution in [3.63, 3.8) is 0 Å². The van der Waals surface area contributed by atoms with Gasteiger partial charge in [0, 0.05) is 0 Å². The minimum atomic E-state index is -3.74. The predicted octanol–water partition coefficient (Wildman–Crippen LogP) is 3.32. The first-order valence-electron chi connectivity index (χ1n) is 8.17. The summed E-state index contributed by atoms with van der Waals surface area (Å²) < 4.78 is 40.1. The summed E-state index contributed by atoms with van der Waals surface area (Å²) in [7, 11) is -3.74. The maximum atomic E-state index is 12.0. The lowest BCUT2D eigenvalue weighted by atomic mass is 10.2. The largest absolute Gasteiger partial charge is 0.376 e. The molecule has 0 aliphatic rings. The molecule has 0 saturated carbocycles. The standard InChI is InChI=1S/C19H24O5S/c1-16-8-10-19(11-9-16)25(20,21)24-13-12-22-14-17(2)23-15-18-6-4-3-5-7-18/h3-11,17H,12-15H2,1-2H3/t17-/m0/s1. The van der Waals surface area contributed by atoms with Crippen molar-refractivity contribution in [2.24, 2.45) is 0 Å². The summed E-state index contributed by atoms with van der Waals surface area (Å²) in [6.07, 6.45) is -0.0890. The van der Waals surface area contributed by atoms with E-state index in [9.17, 15) is 8.42 Å². The Bertz CT molecular complexity index is 726. The Balaban J connectivity index is 1.63. The molecule has 0 spiro atoms. The molecule has 0 heterocycles. The van der Waals surface area contributed by atoms with Gasteiger partial charge in [-0.3, -0.25) is 4.18 Å². The Labute approximate surface area is 149 Å². The fourth-order valence-corrected chi connectivity index (χ4v) is 2.98. The van der Waals surface area contributed by atoms with Crippen LogP contribution in [0.4, 0.5) is 0 Å². The molecule has 1 atom stereocenters. The number of hydrogen-bond donors (Lipinski definition) is 0. The molecule has 136 valence electrons. The summed E-state index contributed by atoms with van der Waals surface area (Å²) in [5.41, 5.74) is 2.09. The van der Waals surface area contributed by atoms with Crippen LogP contribution in [0.3, 0.4) is 0 Å². The first-order valence-corrected chi connectivity index (χ1v) is 9.57. The van der Waals surface area contributed by atoms with Gasteiger partial charge in [-0.2, -0.15) is 8.42 Å². The van der Waals surface area contributed by atoms with Crippen molar-refractivity contribution >= 4 is 10.1 Å². The van der Waals surface area contributed by atoms with Gasteiger partial charge in [-0.15, -0.1) is 0 Å². The molecule has 25 heavy (non-hydrogen) atoms. The van der Waals surface area contributed by atoms with E-state index in [2.05, 4.69) is 0 Å². The molecule has 2 aromatic carbocycles. The average Bonchev–Trinajstić information content (AvgIpc) is 2.61. The monoisotopic (exact) mass is 364 g/mol. The van der Waals surface area contributed by atoms with E-state index in [1.165, 1.54) is 12.1 Å². The Hall–Kier alpha value is -1.73. The zero-order valence-corrected chi connectivity index (χ0v) is 15.4. The molecule has 5 nitrogen and oxygen atoms in total. The molecule has 0 N–H and O–H groups in total. The number of ether oxygens (including phenoxy) is 2. The third kappa shape index (κ3) is 6.96. The number of aryl methyl sites for hydroxylation is 1. The number of rotatable bonds is 10. The van der Waals surface area contributed by atoms with Crippen molar-refractivity contribution in [1.82, 2.24) is 0 Å². The molecular weight excluding hydrogens is 340 g/mol. The molecule has 0 aliphatic carbocycles. The van der Waals surface area contributed by atoms with E-state index in [0.29, 0.717) is 13.2 Å². The van der Waals surface area contributed by atoms with Crippen molar-refractivity contribution in [3.8, 4) is 0 Å². The van der Waals surface area contributed by atoms with Crippen LogP contribution in [0.5, 0.6) is 0 Å². The molecular formula is C19H24O5S. The van der Waals surface area contributed by atoms with Crippen LogP contribution in [0.15, 0.2) is 59.5 Å². The number of benzene rings is 2. The topological polar surface area (TPSA) is 61.8 Å². The lowest BCUT2D eigenvalue weighted by Gasteiger charge is -2.13. The van der Waals surface area contributed by atoms with Gasteiger partial charge in [0.2, 0.25) is 0 Å². The quantitative estimate of drug-likeness (QED) is 0.478. The Kier molecular flexibility index (Phi) is 7.58. The van der Waals surface area contributed by atoms with Crippen LogP contribution >= 0.6 is 0 Å². The first-order chi connectivity index (χ1) is 12.0. The fourth-order valence-electron chi connectivity index (χ4n) is 2.09. The summed E-state index contributed by atoms with van der Waals surface area (Å²) in [4.78, 5) is 0.151. The van der Waals surface area contributed by atoms with E-state index in [0.717, 1.165) is 11.1 Å². The van der Waals surface area contributed by atoms with Gasteiger partial charge in [0.15, 0.2) is 0 Å². The highest BCUT2D eigenvalue weighted by Gasteiger charge is 2.14. The molecule has 0 bridgehead atoms. The van der Waals surface area contributed by atoms with Crippen LogP contribution in [0.2, 0.25) is 0 Å². The molecule has 0 unspecified atom stereocenters. The van der Waals surface area contributed by atoms with Gasteiger partial charge < -0.3 is 9.47 Å². The maximum Gasteiger partial charge on any atom is 0.297 e. The second-order valence-electron chi connectivity index (χ2n) is 5.77. The first kappa shape index (κ1) is 19.6. The van der Waals surface area contributed by atoms with Gasteiger partial charge in [-0.1, -0.05) is 48.0 Å². The Morgan fingerprint density at radius 2 is 1.64 bits per heavy atom. The Morgan fingerprint density at radius 1 is 0.960 bits per heavy atom. The van der Waals surface area contributed by atoms with E-state index >= 15 is 0 Å². The van der Waals surface area contributed by atoms with Crippen LogP contribution in [0, 0.1) is 6.92 Å². The molecule has 0 saturated heterocycles. The van der Waals surface area contributed by atoms with Gasteiger partial charge >= 0.3 is 0 Å². The van der Waals surface area contributed by atoms with Crippen molar-refractivity contribution in [1.29, 1.82) is 0 Å². The van der Waals surface area contributed by atoms with Crippen LogP contribution < -0.4 is 0 Å². The summed E-state index contributed by atoms with van der Waals surface area (Å²) >= 11 is 0. The second-order valence-corrected chi connectivity index (χ2v) is 7.39. The number of hydrogen-bond acceptors (Lipinski definition) is 5. The van der Waals surface area contributed by atoms with Crippen LogP contribution in [-0.4, -0.2) is 34.3 Å². The van der Waals surface area contributed by atoms with Gasteiger partial charge in [0.1, 0.15) is 0 Å². The molecule has 0 fully saturated rings. The van der Waals surface area contributed by atoms with E-state index in [4.69, 9.17) is 13.7 Å². The van der Waals surface area contributed by atoms with Crippen molar-refractivity contribution in [3.05, 3.63) is 65.7 Å². The summed E-state index contributed by atoms with van der Waals surface area (Å²) in [5.74, 6) is 0. The van der Waals surface area contributed by atoms with E-state index < -0.39 is 10.1 Å². The minimum absolute atomic E-state index is 0.0262. The van der Waals surface area contributed by atoms with Gasteiger partial charge in [0.25, 0.3) is 10.1 Å². The van der Waals surface area contributed by atoms with Gasteiger partial charge in [-0.05, 0) is 31.5 Å². The lowest BCUT2D eigenvalue weighted by Crippen LogP contribution is -2.18. The molecule has 2 aromatic rings. The fraction of sp³-hybridized carbons (Fsp3) is 0.368. The van der Waals surface area contributed by atoms with Gasteiger partial charge in [-0.25, -0.2) is 0 Å². The zero-order valence-electron chi connectivity index (χ0n) is 14.6. The van der Waals surface area contributed by atoms with E-state index in [1.54, 1.807) is 12.1 Å². The van der Waals surface area contributed by atoms with Crippen LogP contribution in [0.1, 0.15) is 18.1 Å². The molecule has 6 heteroatoms. The Morgan fingerprint density at radius 3 is 2.32 bits per heavy atom. The minimum Gasteiger partial charge on any atom is -0.376 e. The molecule has 0 aromatic heterocycles. The highest BCUT2D eigenvalue weighted by molar-refractivity contribution is 7.86. The highest BCUT2D eigenvalue weighted by Crippen LogP contribution is 2.13. The molecule has 0 radical (unpaired) electrons. The molecule has 2 rings (SSSR count). The van der Waals surface area contributed by atoms with Crippen LogP contribution in [0.25, 0.3) is 0 Å². The maximum absolute atomic E-state index is 12.0. The summed E-state index contributed by atoms with van der Waals surface area (Å²) in [5, 5.41) is 0. The zero-order chi connectivity index (χ0) is 18.1. The SMILES string of the molecule is Cc1ccc(S(=O)(=O)OCCOC[C@H](C)OCc2ccccc2)cc1. The molecule has 0 aliphatic heterocycles.